The van der Waals surface area contributed by atoms with Crippen LogP contribution in [0.2, 0.25) is 0 Å². The van der Waals surface area contributed by atoms with E-state index in [2.05, 4.69) is 48.5 Å². The maximum atomic E-state index is 16.1. The first-order chi connectivity index (χ1) is 31.3. The Morgan fingerprint density at radius 2 is 0.359 bits per heavy atom. The fourth-order valence-electron chi connectivity index (χ4n) is 9.21. The predicted molar refractivity (Wildman–Crippen MR) is 275 cm³/mol. The molecule has 0 aromatic heterocycles. The van der Waals surface area contributed by atoms with Crippen molar-refractivity contribution >= 4 is 112 Å². The molecule has 0 saturated carbocycles. The van der Waals surface area contributed by atoms with Crippen LogP contribution in [0.3, 0.4) is 0 Å². The summed E-state index contributed by atoms with van der Waals surface area (Å²) < 4.78 is 48.1. The minimum Gasteiger partial charge on any atom is -0.309 e. The minimum absolute atomic E-state index is 0.617. The van der Waals surface area contributed by atoms with Gasteiger partial charge in [0.05, 0.1) is 0 Å². The first-order valence-corrected chi connectivity index (χ1v) is 26.5. The van der Waals surface area contributed by atoms with Crippen molar-refractivity contribution in [2.75, 3.05) is 0 Å². The number of hydrogen-bond donors (Lipinski definition) is 0. The van der Waals surface area contributed by atoms with Crippen LogP contribution in [0.5, 0.6) is 0 Å². The average molecular weight is 879 g/mol. The highest BCUT2D eigenvalue weighted by Crippen LogP contribution is 2.48. The van der Waals surface area contributed by atoms with Crippen molar-refractivity contribution in [3.05, 3.63) is 249 Å². The second-order valence-corrected chi connectivity index (χ2v) is 24.6. The first kappa shape index (κ1) is 40.0. The lowest BCUT2D eigenvalue weighted by atomic mass is 10.1. The summed E-state index contributed by atoms with van der Waals surface area (Å²) in [6.45, 7) is 0. The molecule has 0 aliphatic rings. The van der Waals surface area contributed by atoms with Crippen LogP contribution in [0.25, 0.3) is 43.1 Å². The molecule has 64 heavy (non-hydrogen) atoms. The second kappa shape index (κ2) is 16.1. The van der Waals surface area contributed by atoms with Gasteiger partial charge in [0.2, 0.25) is 0 Å². The van der Waals surface area contributed by atoms with Crippen LogP contribution in [0.4, 0.5) is 0 Å². The van der Waals surface area contributed by atoms with Crippen molar-refractivity contribution in [3.63, 3.8) is 0 Å². The topological polar surface area (TPSA) is 51.2 Å². The highest BCUT2D eigenvalue weighted by atomic mass is 31.2. The molecule has 0 fully saturated rings. The van der Waals surface area contributed by atoms with E-state index in [9.17, 15) is 0 Å². The third-order valence-electron chi connectivity index (χ3n) is 12.7. The van der Waals surface area contributed by atoms with Gasteiger partial charge in [-0.3, -0.25) is 0 Å². The molecular formula is C58H41O3P3. The minimum atomic E-state index is -3.52. The van der Waals surface area contributed by atoms with Crippen LogP contribution >= 0.6 is 21.4 Å². The zero-order chi connectivity index (χ0) is 43.3. The highest BCUT2D eigenvalue weighted by molar-refractivity contribution is 7.86. The number of hydrogen-bond acceptors (Lipinski definition) is 3. The highest BCUT2D eigenvalue weighted by Gasteiger charge is 2.35. The van der Waals surface area contributed by atoms with Crippen molar-refractivity contribution in [2.45, 2.75) is 0 Å². The molecule has 0 radical (unpaired) electrons. The Balaban J connectivity index is 1.04. The molecule has 11 rings (SSSR count). The normalized spacial score (nSPS) is 12.2. The maximum absolute atomic E-state index is 16.1. The molecule has 0 saturated heterocycles. The van der Waals surface area contributed by atoms with E-state index in [1.807, 2.05) is 200 Å². The Hall–Kier alpha value is -6.85. The molecule has 0 amide bonds. The Labute approximate surface area is 372 Å². The summed E-state index contributed by atoms with van der Waals surface area (Å²) in [7, 11) is -10.4. The Morgan fingerprint density at radius 3 is 0.625 bits per heavy atom. The van der Waals surface area contributed by atoms with Gasteiger partial charge in [-0.25, -0.2) is 0 Å². The van der Waals surface area contributed by atoms with Gasteiger partial charge in [0.15, 0.2) is 21.4 Å². The van der Waals surface area contributed by atoms with E-state index >= 15 is 13.7 Å². The van der Waals surface area contributed by atoms with Gasteiger partial charge in [-0.15, -0.1) is 0 Å². The van der Waals surface area contributed by atoms with E-state index in [4.69, 9.17) is 0 Å². The summed E-state index contributed by atoms with van der Waals surface area (Å²) in [6, 6.07) is 81.5. The fraction of sp³-hybridized carbons (Fsp3) is 0. The van der Waals surface area contributed by atoms with Crippen LogP contribution < -0.4 is 47.7 Å². The Morgan fingerprint density at radius 1 is 0.172 bits per heavy atom. The molecular weight excluding hydrogens is 838 g/mol. The largest absolute Gasteiger partial charge is 0.309 e. The molecule has 0 aliphatic carbocycles. The monoisotopic (exact) mass is 878 g/mol. The molecule has 0 aliphatic heterocycles. The average Bonchev–Trinajstić information content (AvgIpc) is 3.37. The summed E-state index contributed by atoms with van der Waals surface area (Å²) in [6.07, 6.45) is 0. The molecule has 306 valence electrons. The third kappa shape index (κ3) is 6.72. The molecule has 0 atom stereocenters. The van der Waals surface area contributed by atoms with E-state index < -0.39 is 21.4 Å². The number of rotatable bonds is 9. The molecule has 0 spiro atoms. The summed E-state index contributed by atoms with van der Waals surface area (Å²) >= 11 is 0. The quantitative estimate of drug-likeness (QED) is 0.136. The molecule has 11 aromatic carbocycles. The second-order valence-electron chi connectivity index (χ2n) is 16.3. The summed E-state index contributed by atoms with van der Waals surface area (Å²) in [5.41, 5.74) is 0. The van der Waals surface area contributed by atoms with Gasteiger partial charge in [-0.1, -0.05) is 224 Å². The van der Waals surface area contributed by atoms with Crippen molar-refractivity contribution in [1.29, 1.82) is 0 Å². The van der Waals surface area contributed by atoms with Crippen molar-refractivity contribution in [1.82, 2.24) is 0 Å². The molecule has 0 heterocycles. The van der Waals surface area contributed by atoms with E-state index in [0.29, 0.717) is 26.5 Å². The van der Waals surface area contributed by atoms with Crippen molar-refractivity contribution < 1.29 is 13.7 Å². The number of benzene rings is 11. The Bertz CT molecular complexity index is 3320. The van der Waals surface area contributed by atoms with Crippen LogP contribution in [0.1, 0.15) is 0 Å². The smallest absolute Gasteiger partial charge is 0.171 e. The lowest BCUT2D eigenvalue weighted by Gasteiger charge is -2.24. The maximum Gasteiger partial charge on any atom is 0.171 e. The molecule has 0 bridgehead atoms. The lowest BCUT2D eigenvalue weighted by molar-refractivity contribution is 0.591. The standard InChI is InChI=1S/C58H41O3P3/c59-62(50-20-2-1-3-21-50,51-30-34-53(35-31-51)63(60,55-26-22-42-12-4-8-16-46(42)38-55)56-27-23-43-13-5-9-17-47(43)39-56)52-32-36-54(37-33-52)64(61,57-28-24-44-14-6-10-18-48(44)40-57)58-29-25-45-15-7-11-19-49(45)41-58/h1-41H. The first-order valence-electron chi connectivity index (χ1n) is 21.4. The zero-order valence-electron chi connectivity index (χ0n) is 34.7. The molecule has 0 N–H and O–H groups in total. The van der Waals surface area contributed by atoms with Gasteiger partial charge in [0.25, 0.3) is 0 Å². The summed E-state index contributed by atoms with van der Waals surface area (Å²) in [4.78, 5) is 0. The zero-order valence-corrected chi connectivity index (χ0v) is 37.4. The summed E-state index contributed by atoms with van der Waals surface area (Å²) in [5.74, 6) is 0. The third-order valence-corrected chi connectivity index (χ3v) is 21.8. The van der Waals surface area contributed by atoms with E-state index in [0.717, 1.165) is 64.3 Å². The van der Waals surface area contributed by atoms with Crippen molar-refractivity contribution in [3.8, 4) is 0 Å². The summed E-state index contributed by atoms with van der Waals surface area (Å²) in [5, 5.41) is 14.5. The van der Waals surface area contributed by atoms with Gasteiger partial charge < -0.3 is 13.7 Å². The fourth-order valence-corrected chi connectivity index (χ4v) is 17.2. The lowest BCUT2D eigenvalue weighted by Crippen LogP contribution is -2.30. The van der Waals surface area contributed by atoms with Crippen molar-refractivity contribution in [2.24, 2.45) is 0 Å². The molecule has 0 unspecified atom stereocenters. The van der Waals surface area contributed by atoms with Gasteiger partial charge >= 0.3 is 0 Å². The predicted octanol–water partition coefficient (Wildman–Crippen LogP) is 11.2. The number of fused-ring (bicyclic) bond motifs is 4. The van der Waals surface area contributed by atoms with E-state index in [-0.39, 0.29) is 0 Å². The van der Waals surface area contributed by atoms with Gasteiger partial charge in [0, 0.05) is 47.7 Å². The van der Waals surface area contributed by atoms with Gasteiger partial charge in [-0.2, -0.15) is 0 Å². The van der Waals surface area contributed by atoms with E-state index in [1.165, 1.54) is 0 Å². The van der Waals surface area contributed by atoms with Crippen LogP contribution in [-0.4, -0.2) is 0 Å². The molecule has 11 aromatic rings. The SMILES string of the molecule is O=P(c1ccccc1)(c1ccc(P(=O)(c2ccc3ccccc3c2)c2ccc3ccccc3c2)cc1)c1ccc(P(=O)(c2ccc3ccccc3c2)c2ccc3ccccc3c2)cc1. The van der Waals surface area contributed by atoms with Crippen LogP contribution in [0, 0.1) is 0 Å². The van der Waals surface area contributed by atoms with Gasteiger partial charge in [-0.05, 0) is 67.4 Å². The van der Waals surface area contributed by atoms with Gasteiger partial charge in [0.1, 0.15) is 0 Å². The molecule has 6 heteroatoms. The van der Waals surface area contributed by atoms with Crippen LogP contribution in [-0.2, 0) is 13.7 Å². The Kier molecular flexibility index (Phi) is 10.0. The molecule has 3 nitrogen and oxygen atoms in total. The van der Waals surface area contributed by atoms with Crippen LogP contribution in [0.15, 0.2) is 249 Å². The van der Waals surface area contributed by atoms with E-state index in [1.54, 1.807) is 0 Å².